The summed E-state index contributed by atoms with van der Waals surface area (Å²) in [6, 6.07) is 31.7. The molecular formula is C32H33N3O2. The van der Waals surface area contributed by atoms with Gasteiger partial charge in [0.25, 0.3) is 0 Å². The summed E-state index contributed by atoms with van der Waals surface area (Å²) in [5, 5.41) is 5.28. The van der Waals surface area contributed by atoms with Crippen molar-refractivity contribution >= 4 is 22.6 Å². The van der Waals surface area contributed by atoms with Gasteiger partial charge >= 0.3 is 0 Å². The van der Waals surface area contributed by atoms with E-state index in [0.717, 1.165) is 45.9 Å². The maximum absolute atomic E-state index is 13.8. The highest BCUT2D eigenvalue weighted by molar-refractivity contribution is 5.97. The molecule has 1 heterocycles. The van der Waals surface area contributed by atoms with Crippen molar-refractivity contribution in [2.24, 2.45) is 5.73 Å². The van der Waals surface area contributed by atoms with Crippen molar-refractivity contribution < 1.29 is 9.59 Å². The van der Waals surface area contributed by atoms with E-state index in [2.05, 4.69) is 59.9 Å². The van der Waals surface area contributed by atoms with Gasteiger partial charge in [0.2, 0.25) is 11.8 Å². The number of hydrogen-bond donors (Lipinski definition) is 2. The molecule has 4 aromatic rings. The van der Waals surface area contributed by atoms with Crippen LogP contribution in [0.25, 0.3) is 21.9 Å². The normalized spacial score (nSPS) is 17.7. The zero-order valence-electron chi connectivity index (χ0n) is 21.0. The molecule has 2 atom stereocenters. The van der Waals surface area contributed by atoms with E-state index in [0.29, 0.717) is 25.9 Å². The number of carbonyl (C=O) groups excluding carboxylic acids is 2. The van der Waals surface area contributed by atoms with Gasteiger partial charge in [-0.05, 0) is 58.8 Å². The quantitative estimate of drug-likeness (QED) is 0.321. The summed E-state index contributed by atoms with van der Waals surface area (Å²) in [7, 11) is 0. The monoisotopic (exact) mass is 491 g/mol. The molecule has 0 aromatic heterocycles. The molecule has 5 nitrogen and oxygen atoms in total. The van der Waals surface area contributed by atoms with Crippen molar-refractivity contribution in [1.29, 1.82) is 0 Å². The van der Waals surface area contributed by atoms with Crippen molar-refractivity contribution in [3.8, 4) is 11.1 Å². The third-order valence-electron chi connectivity index (χ3n) is 7.23. The van der Waals surface area contributed by atoms with Gasteiger partial charge in [-0.25, -0.2) is 0 Å². The Balaban J connectivity index is 1.39. The van der Waals surface area contributed by atoms with Crippen molar-refractivity contribution in [3.63, 3.8) is 0 Å². The van der Waals surface area contributed by atoms with E-state index in [4.69, 9.17) is 5.73 Å². The molecule has 0 bridgehead atoms. The van der Waals surface area contributed by atoms with Crippen LogP contribution in [0.1, 0.15) is 30.4 Å². The smallest absolute Gasteiger partial charge is 0.246 e. The molecule has 1 aliphatic rings. The summed E-state index contributed by atoms with van der Waals surface area (Å²) < 4.78 is 0. The Morgan fingerprint density at radius 2 is 1.46 bits per heavy atom. The fourth-order valence-corrected chi connectivity index (χ4v) is 5.24. The molecule has 5 rings (SSSR count). The highest BCUT2D eigenvalue weighted by Gasteiger charge is 2.40. The first-order valence-corrected chi connectivity index (χ1v) is 13.1. The number of unbranched alkanes of at least 4 members (excludes halogenated alkanes) is 1. The number of nitrogens with one attached hydrogen (secondary N) is 1. The number of nitrogens with zero attached hydrogens (tertiary/aromatic N) is 1. The molecule has 1 aliphatic heterocycles. The highest BCUT2D eigenvalue weighted by atomic mass is 16.2. The van der Waals surface area contributed by atoms with Gasteiger partial charge in [0.15, 0.2) is 0 Å². The number of fused-ring (bicyclic) bond motifs is 1. The first-order valence-electron chi connectivity index (χ1n) is 13.1. The van der Waals surface area contributed by atoms with Crippen molar-refractivity contribution in [3.05, 3.63) is 108 Å². The number of nitrogens with two attached hydrogens (primary N) is 1. The minimum atomic E-state index is -0.590. The first kappa shape index (κ1) is 24.7. The van der Waals surface area contributed by atoms with Gasteiger partial charge in [-0.15, -0.1) is 0 Å². The number of piperazine rings is 1. The maximum atomic E-state index is 13.8. The summed E-state index contributed by atoms with van der Waals surface area (Å²) in [5.41, 5.74) is 10.0. The standard InChI is InChI=1S/C32H33N3O2/c33-20-7-6-15-30-31(36)34-29(21-27-13-8-12-26-11-4-5-14-28(26)27)32(37)35(30)22-23-16-18-25(19-17-23)24-9-2-1-3-10-24/h1-5,8-14,16-19,29-30H,6-7,15,20-22,33H2,(H,34,36). The van der Waals surface area contributed by atoms with Gasteiger partial charge in [-0.2, -0.15) is 0 Å². The van der Waals surface area contributed by atoms with Gasteiger partial charge in [0.05, 0.1) is 0 Å². The zero-order valence-corrected chi connectivity index (χ0v) is 21.0. The van der Waals surface area contributed by atoms with Gasteiger partial charge in [-0.3, -0.25) is 9.59 Å². The molecule has 1 fully saturated rings. The van der Waals surface area contributed by atoms with E-state index in [-0.39, 0.29) is 11.8 Å². The van der Waals surface area contributed by atoms with E-state index in [9.17, 15) is 9.59 Å². The Hall–Kier alpha value is -3.96. The molecule has 188 valence electrons. The zero-order chi connectivity index (χ0) is 25.6. The topological polar surface area (TPSA) is 75.4 Å². The largest absolute Gasteiger partial charge is 0.342 e. The molecule has 1 saturated heterocycles. The Morgan fingerprint density at radius 1 is 0.757 bits per heavy atom. The number of rotatable bonds is 9. The van der Waals surface area contributed by atoms with Crippen molar-refractivity contribution in [1.82, 2.24) is 10.2 Å². The van der Waals surface area contributed by atoms with Crippen LogP contribution in [0.5, 0.6) is 0 Å². The third kappa shape index (κ3) is 5.57. The van der Waals surface area contributed by atoms with Crippen LogP contribution in [0.2, 0.25) is 0 Å². The van der Waals surface area contributed by atoms with Crippen molar-refractivity contribution in [2.75, 3.05) is 6.54 Å². The second kappa shape index (κ2) is 11.4. The van der Waals surface area contributed by atoms with Crippen LogP contribution in [-0.4, -0.2) is 35.3 Å². The van der Waals surface area contributed by atoms with Crippen LogP contribution >= 0.6 is 0 Å². The second-order valence-electron chi connectivity index (χ2n) is 9.73. The lowest BCUT2D eigenvalue weighted by Gasteiger charge is -2.39. The van der Waals surface area contributed by atoms with Gasteiger partial charge in [0, 0.05) is 13.0 Å². The van der Waals surface area contributed by atoms with Crippen LogP contribution in [0, 0.1) is 0 Å². The second-order valence-corrected chi connectivity index (χ2v) is 9.73. The van der Waals surface area contributed by atoms with E-state index >= 15 is 0 Å². The molecule has 2 unspecified atom stereocenters. The molecule has 0 aliphatic carbocycles. The summed E-state index contributed by atoms with van der Waals surface area (Å²) >= 11 is 0. The molecular weight excluding hydrogens is 458 g/mol. The Labute approximate surface area is 218 Å². The third-order valence-corrected chi connectivity index (χ3v) is 7.23. The molecule has 0 spiro atoms. The maximum Gasteiger partial charge on any atom is 0.246 e. The lowest BCUT2D eigenvalue weighted by molar-refractivity contribution is -0.150. The fourth-order valence-electron chi connectivity index (χ4n) is 5.24. The predicted molar refractivity (Wildman–Crippen MR) is 149 cm³/mol. The Bertz CT molecular complexity index is 1360. The minimum absolute atomic E-state index is 0.0302. The lowest BCUT2D eigenvalue weighted by atomic mass is 9.94. The molecule has 0 radical (unpaired) electrons. The molecule has 4 aromatic carbocycles. The van der Waals surface area contributed by atoms with Gasteiger partial charge in [-0.1, -0.05) is 97.1 Å². The Kier molecular flexibility index (Phi) is 7.62. The SMILES string of the molecule is NCCCCC1C(=O)NC(Cc2cccc3ccccc23)C(=O)N1Cc1ccc(-c2ccccc2)cc1. The molecule has 0 saturated carbocycles. The molecule has 37 heavy (non-hydrogen) atoms. The van der Waals surface area contributed by atoms with Crippen LogP contribution in [0.15, 0.2) is 97.1 Å². The average molecular weight is 492 g/mol. The molecule has 3 N–H and O–H groups in total. The first-order chi connectivity index (χ1) is 18.1. The summed E-state index contributed by atoms with van der Waals surface area (Å²) in [4.78, 5) is 28.9. The van der Waals surface area contributed by atoms with Crippen LogP contribution < -0.4 is 11.1 Å². The van der Waals surface area contributed by atoms with E-state index in [1.807, 2.05) is 42.5 Å². The van der Waals surface area contributed by atoms with Crippen LogP contribution in [0.3, 0.4) is 0 Å². The lowest BCUT2D eigenvalue weighted by Crippen LogP contribution is -2.63. The summed E-state index contributed by atoms with van der Waals surface area (Å²) in [6.45, 7) is 0.980. The summed E-state index contributed by atoms with van der Waals surface area (Å²) in [6.07, 6.45) is 2.71. The van der Waals surface area contributed by atoms with Crippen LogP contribution in [-0.2, 0) is 22.6 Å². The molecule has 5 heteroatoms. The van der Waals surface area contributed by atoms with Gasteiger partial charge in [0.1, 0.15) is 12.1 Å². The predicted octanol–water partition coefficient (Wildman–Crippen LogP) is 5.07. The minimum Gasteiger partial charge on any atom is -0.342 e. The average Bonchev–Trinajstić information content (AvgIpc) is 2.94. The summed E-state index contributed by atoms with van der Waals surface area (Å²) in [5.74, 6) is -0.111. The molecule has 2 amide bonds. The van der Waals surface area contributed by atoms with E-state index in [1.165, 1.54) is 0 Å². The number of amides is 2. The number of hydrogen-bond acceptors (Lipinski definition) is 3. The van der Waals surface area contributed by atoms with Crippen LogP contribution in [0.4, 0.5) is 0 Å². The van der Waals surface area contributed by atoms with Gasteiger partial charge < -0.3 is 16.0 Å². The van der Waals surface area contributed by atoms with Crippen molar-refractivity contribution in [2.45, 2.75) is 44.3 Å². The highest BCUT2D eigenvalue weighted by Crippen LogP contribution is 2.25. The number of carbonyl (C=O) groups is 2. The van der Waals surface area contributed by atoms with E-state index in [1.54, 1.807) is 4.90 Å². The van der Waals surface area contributed by atoms with E-state index < -0.39 is 12.1 Å². The number of benzene rings is 4. The fraction of sp³-hybridized carbons (Fsp3) is 0.250. The Morgan fingerprint density at radius 3 is 2.24 bits per heavy atom.